The Balaban J connectivity index is 1.12. The summed E-state index contributed by atoms with van der Waals surface area (Å²) in [7, 11) is 0. The zero-order valence-electron chi connectivity index (χ0n) is 65.5. The summed E-state index contributed by atoms with van der Waals surface area (Å²) in [5, 5.41) is 2.53. The second kappa shape index (κ2) is 25.5. The van der Waals surface area contributed by atoms with Crippen molar-refractivity contribution in [1.82, 2.24) is 4.57 Å². The highest BCUT2D eigenvalue weighted by Crippen LogP contribution is 2.55. The van der Waals surface area contributed by atoms with Gasteiger partial charge in [-0.1, -0.05) is 349 Å². The molecule has 0 fully saturated rings. The zero-order valence-corrected chi connectivity index (χ0v) is 65.5. The Hall–Kier alpha value is -10.7. The summed E-state index contributed by atoms with van der Waals surface area (Å²) >= 11 is 0. The average molecular weight is 1380 g/mol. The van der Waals surface area contributed by atoms with Gasteiger partial charge in [-0.25, -0.2) is 0 Å². The predicted octanol–water partition coefficient (Wildman–Crippen LogP) is 26.7. The largest absolute Gasteiger partial charge is 0.310 e. The van der Waals surface area contributed by atoms with Crippen LogP contribution >= 0.6 is 0 Å². The SMILES string of the molecule is CC(C)(C)c1cc(-c2ccc3c(c2)B2c4ccc(-n5c6ccc(C(C)(C)C)cc6c6cc(C(C)(C)C)ccc65)cc4N(c4c(-c5ccccc5)cccc4-c4ccccc4)c4cc(-c5cc(C(C)(C)C)cc(C(C)(C)C)c5)cc(c42)N3c2c(-c3ccccc3)cccc2-c2ccccc2)cc(C(C)(C)C)c1. The summed E-state index contributed by atoms with van der Waals surface area (Å²) in [5.74, 6) is 0. The highest BCUT2D eigenvalue weighted by atomic mass is 15.2. The van der Waals surface area contributed by atoms with Crippen molar-refractivity contribution in [2.75, 3.05) is 9.80 Å². The third kappa shape index (κ3) is 12.4. The van der Waals surface area contributed by atoms with E-state index in [1.54, 1.807) is 0 Å². The fraction of sp³-hybridized carbons (Fsp3) is 0.235. The van der Waals surface area contributed by atoms with Gasteiger partial charge in [0.25, 0.3) is 6.71 Å². The second-order valence-electron chi connectivity index (χ2n) is 36.3. The van der Waals surface area contributed by atoms with Crippen molar-refractivity contribution in [1.29, 1.82) is 0 Å². The molecule has 3 nitrogen and oxygen atoms in total. The number of fused-ring (bicyclic) bond motifs is 7. The van der Waals surface area contributed by atoms with E-state index < -0.39 is 0 Å². The fourth-order valence-corrected chi connectivity index (χ4v) is 16.5. The lowest BCUT2D eigenvalue weighted by atomic mass is 9.33. The van der Waals surface area contributed by atoms with Crippen molar-refractivity contribution in [3.05, 3.63) is 312 Å². The Morgan fingerprint density at radius 1 is 0.226 bits per heavy atom. The first-order chi connectivity index (χ1) is 50.4. The monoisotopic (exact) mass is 1380 g/mol. The van der Waals surface area contributed by atoms with E-state index in [2.05, 4.69) is 418 Å². The van der Waals surface area contributed by atoms with Crippen molar-refractivity contribution in [2.24, 2.45) is 0 Å². The third-order valence-corrected chi connectivity index (χ3v) is 22.7. The first kappa shape index (κ1) is 69.7. The van der Waals surface area contributed by atoms with Crippen LogP contribution in [0, 0.1) is 0 Å². The summed E-state index contributed by atoms with van der Waals surface area (Å²) in [6, 6.07) is 108. The molecule has 0 atom stereocenters. The lowest BCUT2D eigenvalue weighted by Crippen LogP contribution is -2.61. The highest BCUT2D eigenvalue weighted by molar-refractivity contribution is 7.00. The van der Waals surface area contributed by atoms with Crippen molar-refractivity contribution in [2.45, 2.75) is 157 Å². The molecule has 2 aliphatic rings. The smallest absolute Gasteiger partial charge is 0.252 e. The van der Waals surface area contributed by atoms with E-state index in [-0.39, 0.29) is 39.2 Å². The van der Waals surface area contributed by atoms with Gasteiger partial charge in [0.05, 0.1) is 22.4 Å². The Morgan fingerprint density at radius 2 is 0.575 bits per heavy atom. The molecule has 0 radical (unpaired) electrons. The Labute approximate surface area is 631 Å². The number of nitrogens with zero attached hydrogens (tertiary/aromatic N) is 3. The molecule has 0 unspecified atom stereocenters. The van der Waals surface area contributed by atoms with Crippen LogP contribution in [0.1, 0.15) is 158 Å². The molecule has 0 spiro atoms. The Morgan fingerprint density at radius 3 is 0.943 bits per heavy atom. The van der Waals surface area contributed by atoms with Gasteiger partial charge < -0.3 is 14.4 Å². The van der Waals surface area contributed by atoms with E-state index in [0.717, 1.165) is 89.9 Å². The lowest BCUT2D eigenvalue weighted by Gasteiger charge is -2.46. The number of benzene rings is 13. The minimum atomic E-state index is -0.264. The summed E-state index contributed by atoms with van der Waals surface area (Å²) in [4.78, 5) is 5.45. The number of aromatic nitrogens is 1. The van der Waals surface area contributed by atoms with Gasteiger partial charge in [0.1, 0.15) is 0 Å². The molecular formula is C102H100BN3. The first-order valence-corrected chi connectivity index (χ1v) is 38.3. The van der Waals surface area contributed by atoms with Crippen molar-refractivity contribution in [3.63, 3.8) is 0 Å². The summed E-state index contributed by atoms with van der Waals surface area (Å²) in [6.07, 6.45) is 0. The number of hydrogen-bond donors (Lipinski definition) is 0. The number of hydrogen-bond acceptors (Lipinski definition) is 2. The van der Waals surface area contributed by atoms with Crippen molar-refractivity contribution in [3.8, 4) is 72.4 Å². The standard InChI is InChI=1S/C102H100BN3/c1-97(2,3)73-46-51-88-84(62-73)85-63-74(98(4,5)6)47-52-89(85)104(88)79-48-49-86-91(64-79)106(96-82(67-37-27-21-28-38-67)43-32-44-83(96)68-39-29-22-30-40-68)93-59-72(71-55-77(101(13,14)15)61-78(56-71)102(16,17)18)58-92-94(93)103(86)87-57-69(70-53-75(99(7,8)9)60-76(54-70)100(10,11)12)45-50-90(87)105(92)95-80(65-33-23-19-24-34-65)41-31-42-81(95)66-35-25-20-26-36-66/h19-64H,1-18H3. The van der Waals surface area contributed by atoms with Gasteiger partial charge in [0, 0.05) is 61.5 Å². The molecule has 0 N–H and O–H groups in total. The molecule has 4 heteroatoms. The van der Waals surface area contributed by atoms with E-state index >= 15 is 0 Å². The van der Waals surface area contributed by atoms with Crippen LogP contribution < -0.4 is 26.2 Å². The van der Waals surface area contributed by atoms with Gasteiger partial charge in [-0.3, -0.25) is 0 Å². The predicted molar refractivity (Wildman–Crippen MR) is 460 cm³/mol. The molecule has 0 saturated heterocycles. The maximum atomic E-state index is 2.74. The second-order valence-corrected chi connectivity index (χ2v) is 36.3. The lowest BCUT2D eigenvalue weighted by molar-refractivity contribution is 0.568. The number of rotatable bonds is 9. The maximum absolute atomic E-state index is 2.74. The van der Waals surface area contributed by atoms with Gasteiger partial charge in [-0.05, 0) is 181 Å². The minimum absolute atomic E-state index is 0.0601. The van der Waals surface area contributed by atoms with Crippen LogP contribution in [0.3, 0.4) is 0 Å². The van der Waals surface area contributed by atoms with Crippen LogP contribution in [0.2, 0.25) is 0 Å². The number of anilines is 6. The van der Waals surface area contributed by atoms with E-state index in [1.165, 1.54) is 88.3 Å². The fourth-order valence-electron chi connectivity index (χ4n) is 16.5. The Bertz CT molecular complexity index is 5500. The average Bonchev–Trinajstić information content (AvgIpc) is 0.713. The number of para-hydroxylation sites is 2. The van der Waals surface area contributed by atoms with E-state index in [1.807, 2.05) is 0 Å². The quantitative estimate of drug-likeness (QED) is 0.133. The topological polar surface area (TPSA) is 11.4 Å². The normalized spacial score (nSPS) is 13.3. The molecule has 1 aromatic heterocycles. The molecule has 14 aromatic rings. The van der Waals surface area contributed by atoms with E-state index in [0.29, 0.717) is 0 Å². The van der Waals surface area contributed by atoms with Gasteiger partial charge in [0.2, 0.25) is 0 Å². The Kier molecular flexibility index (Phi) is 16.8. The van der Waals surface area contributed by atoms with Crippen molar-refractivity contribution >= 4 is 79.0 Å². The van der Waals surface area contributed by atoms with E-state index in [9.17, 15) is 0 Å². The zero-order chi connectivity index (χ0) is 74.3. The molecular weight excluding hydrogens is 1280 g/mol. The summed E-state index contributed by atoms with van der Waals surface area (Å²) in [5.41, 5.74) is 35.3. The van der Waals surface area contributed by atoms with Crippen LogP contribution in [0.4, 0.5) is 34.1 Å². The molecule has 3 heterocycles. The van der Waals surface area contributed by atoms with Gasteiger partial charge in [-0.2, -0.15) is 0 Å². The van der Waals surface area contributed by atoms with Gasteiger partial charge >= 0.3 is 0 Å². The van der Waals surface area contributed by atoms with Gasteiger partial charge in [0.15, 0.2) is 0 Å². The van der Waals surface area contributed by atoms with Crippen LogP contribution in [0.5, 0.6) is 0 Å². The summed E-state index contributed by atoms with van der Waals surface area (Å²) < 4.78 is 2.57. The molecule has 0 aliphatic carbocycles. The molecule has 2 aliphatic heterocycles. The van der Waals surface area contributed by atoms with E-state index in [4.69, 9.17) is 0 Å². The van der Waals surface area contributed by atoms with Crippen LogP contribution in [-0.2, 0) is 32.5 Å². The molecule has 526 valence electrons. The maximum Gasteiger partial charge on any atom is 0.252 e. The van der Waals surface area contributed by atoms with Crippen molar-refractivity contribution < 1.29 is 0 Å². The highest BCUT2D eigenvalue weighted by Gasteiger charge is 2.46. The molecule has 106 heavy (non-hydrogen) atoms. The molecule has 0 bridgehead atoms. The molecule has 13 aromatic carbocycles. The molecule has 0 amide bonds. The van der Waals surface area contributed by atoms with Crippen LogP contribution in [0.25, 0.3) is 94.3 Å². The first-order valence-electron chi connectivity index (χ1n) is 38.3. The van der Waals surface area contributed by atoms with Gasteiger partial charge in [-0.15, -0.1) is 0 Å². The molecule has 16 rings (SSSR count). The van der Waals surface area contributed by atoms with Crippen LogP contribution in [-0.4, -0.2) is 11.3 Å². The van der Waals surface area contributed by atoms with Crippen LogP contribution in [0.15, 0.2) is 279 Å². The summed E-state index contributed by atoms with van der Waals surface area (Å²) in [6.45, 7) is 42.1. The molecule has 0 saturated carbocycles. The minimum Gasteiger partial charge on any atom is -0.310 e. The third-order valence-electron chi connectivity index (χ3n) is 22.7.